The van der Waals surface area contributed by atoms with Crippen molar-refractivity contribution in [1.29, 1.82) is 0 Å². The Labute approximate surface area is 203 Å². The van der Waals surface area contributed by atoms with Gasteiger partial charge in [-0.3, -0.25) is 9.59 Å². The maximum Gasteiger partial charge on any atom is 0.320 e. The number of esters is 1. The van der Waals surface area contributed by atoms with Crippen LogP contribution in [0.3, 0.4) is 0 Å². The first kappa shape index (κ1) is 26.1. The molecule has 1 saturated carbocycles. The number of carbonyl (C=O) groups excluding carboxylic acids is 2. The summed E-state index contributed by atoms with van der Waals surface area (Å²) in [5.74, 6) is -0.715. The van der Waals surface area contributed by atoms with E-state index in [1.54, 1.807) is 13.8 Å². The Morgan fingerprint density at radius 3 is 2.29 bits per heavy atom. The molecule has 5 nitrogen and oxygen atoms in total. The monoisotopic (exact) mass is 466 g/mol. The van der Waals surface area contributed by atoms with Crippen molar-refractivity contribution in [3.05, 3.63) is 71.4 Å². The minimum absolute atomic E-state index is 0.0261. The number of Topliss-reactive ketones (excluding diaryl/α,β-unsaturated/α-hetero) is 1. The van der Waals surface area contributed by atoms with Crippen LogP contribution in [0.15, 0.2) is 71.4 Å². The Balaban J connectivity index is 1.61. The molecule has 184 valence electrons. The van der Waals surface area contributed by atoms with Crippen LogP contribution < -0.4 is 0 Å². The number of hydrogen-bond donors (Lipinski definition) is 1. The number of hydrogen-bond acceptors (Lipinski definition) is 5. The zero-order chi connectivity index (χ0) is 25.5. The molecule has 0 aromatic heterocycles. The molecule has 3 aliphatic rings. The van der Waals surface area contributed by atoms with Crippen molar-refractivity contribution in [2.75, 3.05) is 0 Å². The van der Waals surface area contributed by atoms with E-state index in [4.69, 9.17) is 9.47 Å². The first-order chi connectivity index (χ1) is 15.8. The molecular formula is C29H38O5. The van der Waals surface area contributed by atoms with Crippen molar-refractivity contribution in [2.45, 2.75) is 79.3 Å². The molecule has 2 fully saturated rings. The molecule has 2 heterocycles. The predicted octanol–water partition coefficient (Wildman–Crippen LogP) is 5.19. The van der Waals surface area contributed by atoms with Crippen molar-refractivity contribution in [1.82, 2.24) is 0 Å². The van der Waals surface area contributed by atoms with Gasteiger partial charge in [0.05, 0.1) is 18.1 Å². The van der Waals surface area contributed by atoms with Crippen molar-refractivity contribution in [2.24, 2.45) is 16.7 Å². The van der Waals surface area contributed by atoms with E-state index in [2.05, 4.69) is 0 Å². The lowest BCUT2D eigenvalue weighted by molar-refractivity contribution is -0.161. The molecule has 0 aromatic carbocycles. The number of aliphatic hydroxyl groups is 1. The maximum atomic E-state index is 12.7. The lowest BCUT2D eigenvalue weighted by Crippen LogP contribution is -2.44. The number of fused-ring (bicyclic) bond motifs is 2. The van der Waals surface area contributed by atoms with E-state index in [0.717, 1.165) is 16.7 Å². The van der Waals surface area contributed by atoms with Gasteiger partial charge in [-0.15, -0.1) is 0 Å². The third-order valence-electron chi connectivity index (χ3n) is 7.87. The number of rotatable bonds is 6. The summed E-state index contributed by atoms with van der Waals surface area (Å²) in [6, 6.07) is 0. The highest BCUT2D eigenvalue weighted by molar-refractivity contribution is 6.10. The quantitative estimate of drug-likeness (QED) is 0.252. The minimum Gasteiger partial charge on any atom is -0.460 e. The molecule has 0 spiro atoms. The molecule has 1 N–H and O–H groups in total. The third kappa shape index (κ3) is 4.32. The van der Waals surface area contributed by atoms with Crippen LogP contribution in [0.1, 0.15) is 55.4 Å². The van der Waals surface area contributed by atoms with E-state index in [9.17, 15) is 14.7 Å². The van der Waals surface area contributed by atoms with Gasteiger partial charge in [0.1, 0.15) is 17.1 Å². The van der Waals surface area contributed by atoms with Crippen LogP contribution in [0.5, 0.6) is 0 Å². The van der Waals surface area contributed by atoms with E-state index in [1.807, 2.05) is 96.2 Å². The topological polar surface area (TPSA) is 72.8 Å². The SMILES string of the molecule is CC1=CC(C)(O)C(C)OC1/C(C)=C/C=C/C=C/C=C/C(C)=C/C1(C)C2OC(=O)C1(C)C(=O)C2C. The van der Waals surface area contributed by atoms with Gasteiger partial charge < -0.3 is 14.6 Å². The molecule has 7 unspecified atom stereocenters. The highest BCUT2D eigenvalue weighted by Gasteiger charge is 2.73. The van der Waals surface area contributed by atoms with E-state index in [1.165, 1.54) is 0 Å². The summed E-state index contributed by atoms with van der Waals surface area (Å²) in [7, 11) is 0. The standard InChI is InChI=1S/C29H38O5/c1-18(16-27(6)25-21(4)24(30)29(27,8)26(31)34-25)14-12-10-9-11-13-15-19(2)23-20(3)17-28(7,32)22(5)33-23/h9-17,21-23,25,32H,1-8H3/b10-9+,13-11+,14-12+,18-16+,19-15+. The van der Waals surface area contributed by atoms with Crippen LogP contribution in [0.4, 0.5) is 0 Å². The van der Waals surface area contributed by atoms with E-state index >= 15 is 0 Å². The van der Waals surface area contributed by atoms with Crippen molar-refractivity contribution < 1.29 is 24.2 Å². The molecule has 34 heavy (non-hydrogen) atoms. The largest absolute Gasteiger partial charge is 0.460 e. The Morgan fingerprint density at radius 1 is 1.03 bits per heavy atom. The average Bonchev–Trinajstić information content (AvgIpc) is 3.02. The minimum atomic E-state index is -1.11. The van der Waals surface area contributed by atoms with Crippen LogP contribution >= 0.6 is 0 Å². The van der Waals surface area contributed by atoms with Gasteiger partial charge in [0, 0.05) is 5.41 Å². The fourth-order valence-corrected chi connectivity index (χ4v) is 5.45. The van der Waals surface area contributed by atoms with Crippen LogP contribution in [0.25, 0.3) is 0 Å². The summed E-state index contributed by atoms with van der Waals surface area (Å²) >= 11 is 0. The smallest absolute Gasteiger partial charge is 0.320 e. The fraction of sp³-hybridized carbons (Fsp3) is 0.517. The first-order valence-electron chi connectivity index (χ1n) is 12.0. The predicted molar refractivity (Wildman–Crippen MR) is 134 cm³/mol. The van der Waals surface area contributed by atoms with E-state index in [0.29, 0.717) is 0 Å². The molecule has 2 bridgehead atoms. The van der Waals surface area contributed by atoms with Gasteiger partial charge in [0.25, 0.3) is 0 Å². The van der Waals surface area contributed by atoms with Crippen molar-refractivity contribution in [3.63, 3.8) is 0 Å². The second-order valence-corrected chi connectivity index (χ2v) is 10.6. The second-order valence-electron chi connectivity index (χ2n) is 10.6. The Bertz CT molecular complexity index is 1040. The summed E-state index contributed by atoms with van der Waals surface area (Å²) in [6.07, 6.45) is 16.8. The Morgan fingerprint density at radius 2 is 1.65 bits per heavy atom. The molecular weight excluding hydrogens is 428 g/mol. The third-order valence-corrected chi connectivity index (χ3v) is 7.87. The van der Waals surface area contributed by atoms with Gasteiger partial charge in [-0.05, 0) is 58.8 Å². The zero-order valence-electron chi connectivity index (χ0n) is 21.6. The van der Waals surface area contributed by atoms with Crippen LogP contribution in [0, 0.1) is 16.7 Å². The normalized spacial score (nSPS) is 41.3. The maximum absolute atomic E-state index is 12.7. The molecule has 5 heteroatoms. The molecule has 2 aliphatic heterocycles. The summed E-state index contributed by atoms with van der Waals surface area (Å²) < 4.78 is 11.5. The van der Waals surface area contributed by atoms with E-state index < -0.39 is 28.5 Å². The van der Waals surface area contributed by atoms with Crippen molar-refractivity contribution >= 4 is 11.8 Å². The summed E-state index contributed by atoms with van der Waals surface area (Å²) in [6.45, 7) is 15.1. The lowest BCUT2D eigenvalue weighted by atomic mass is 9.68. The fourth-order valence-electron chi connectivity index (χ4n) is 5.45. The average molecular weight is 467 g/mol. The second kappa shape index (κ2) is 9.27. The molecule has 0 aromatic rings. The lowest BCUT2D eigenvalue weighted by Gasteiger charge is -2.37. The molecule has 0 radical (unpaired) electrons. The number of allylic oxidation sites excluding steroid dienone is 8. The Hall–Kier alpha value is -2.50. The number of ketones is 1. The first-order valence-corrected chi connectivity index (χ1v) is 12.0. The summed E-state index contributed by atoms with van der Waals surface area (Å²) in [5, 5.41) is 10.3. The van der Waals surface area contributed by atoms with Crippen molar-refractivity contribution in [3.8, 4) is 0 Å². The van der Waals surface area contributed by atoms with E-state index in [-0.39, 0.29) is 23.9 Å². The van der Waals surface area contributed by atoms with Gasteiger partial charge in [-0.25, -0.2) is 0 Å². The summed E-state index contributed by atoms with van der Waals surface area (Å²) in [5.41, 5.74) is 0.361. The van der Waals surface area contributed by atoms with Gasteiger partial charge >= 0.3 is 5.97 Å². The van der Waals surface area contributed by atoms with Crippen LogP contribution in [-0.2, 0) is 19.1 Å². The van der Waals surface area contributed by atoms with Gasteiger partial charge in [-0.2, -0.15) is 0 Å². The molecule has 0 amide bonds. The highest BCUT2D eigenvalue weighted by Crippen LogP contribution is 2.61. The van der Waals surface area contributed by atoms with Gasteiger partial charge in [-0.1, -0.05) is 68.0 Å². The molecule has 1 aliphatic carbocycles. The zero-order valence-corrected chi connectivity index (χ0v) is 21.6. The molecule has 1 saturated heterocycles. The summed E-state index contributed by atoms with van der Waals surface area (Å²) in [4.78, 5) is 25.0. The van der Waals surface area contributed by atoms with Gasteiger partial charge in [0.2, 0.25) is 0 Å². The van der Waals surface area contributed by atoms with Crippen LogP contribution in [-0.4, -0.2) is 40.8 Å². The number of ether oxygens (including phenoxy) is 2. The van der Waals surface area contributed by atoms with Gasteiger partial charge in [0.15, 0.2) is 5.78 Å². The Kier molecular flexibility index (Phi) is 7.12. The molecule has 3 rings (SSSR count). The van der Waals surface area contributed by atoms with Crippen LogP contribution in [0.2, 0.25) is 0 Å². The highest BCUT2D eigenvalue weighted by atomic mass is 16.6. The molecule has 7 atom stereocenters. The number of carbonyl (C=O) groups is 2.